The Kier molecular flexibility index (Phi) is 22.0. The summed E-state index contributed by atoms with van der Waals surface area (Å²) in [4.78, 5) is 40.3. The van der Waals surface area contributed by atoms with E-state index in [-0.39, 0.29) is 24.3 Å². The molecule has 0 bridgehead atoms. The summed E-state index contributed by atoms with van der Waals surface area (Å²) in [5.41, 5.74) is -2.34. The first-order valence-corrected chi connectivity index (χ1v) is 20.9. The van der Waals surface area contributed by atoms with Gasteiger partial charge in [0.05, 0.1) is 31.1 Å². The lowest BCUT2D eigenvalue weighted by atomic mass is 9.81. The predicted molar refractivity (Wildman–Crippen MR) is 203 cm³/mol. The van der Waals surface area contributed by atoms with E-state index in [9.17, 15) is 27.9 Å². The Hall–Kier alpha value is -2.92. The third-order valence-electron chi connectivity index (χ3n) is 8.58. The van der Waals surface area contributed by atoms with Crippen molar-refractivity contribution in [2.75, 3.05) is 25.2 Å². The maximum absolute atomic E-state index is 14.0. The zero-order chi connectivity index (χ0) is 38.3. The number of carbonyl (C=O) groups excluding carboxylic acids is 3. The number of nitrogens with one attached hydrogen (secondary N) is 1. The van der Waals surface area contributed by atoms with Gasteiger partial charge in [-0.25, -0.2) is 18.0 Å². The number of sulfone groups is 1. The third kappa shape index (κ3) is 18.9. The van der Waals surface area contributed by atoms with E-state index in [1.807, 2.05) is 24.3 Å². The molecule has 1 amide bonds. The molecule has 0 aromatic heterocycles. The highest BCUT2D eigenvalue weighted by molar-refractivity contribution is 7.91. The van der Waals surface area contributed by atoms with Crippen molar-refractivity contribution in [3.05, 3.63) is 42.0 Å². The van der Waals surface area contributed by atoms with Gasteiger partial charge in [0.15, 0.2) is 5.60 Å². The van der Waals surface area contributed by atoms with Crippen LogP contribution in [0.5, 0.6) is 5.75 Å². The number of amides is 1. The lowest BCUT2D eigenvalue weighted by Crippen LogP contribution is -2.56. The molecule has 1 rings (SSSR count). The second kappa shape index (κ2) is 24.3. The standard InChI is InChI=1S/C40H67NO9S/c1-8-11-13-17-20-29-51(46,47)30-21-18-15-14-16-19-22-34(40(45,27-10-3)38(44)50-39(4,5)6)36(42)41-35(37(43)48-7)31-32-23-25-33(26-24-32)49-28-12-9-2/h19,22-26,34-35,45H,8-18,20-21,27-31H2,1-7H3,(H,41,42)/b22-19+/t34-,35?,40+/m1/s1. The summed E-state index contributed by atoms with van der Waals surface area (Å²) in [5.74, 6) is -2.49. The topological polar surface area (TPSA) is 145 Å². The number of benzene rings is 1. The van der Waals surface area contributed by atoms with E-state index >= 15 is 0 Å². The molecule has 0 radical (unpaired) electrons. The first-order chi connectivity index (χ1) is 24.1. The summed E-state index contributed by atoms with van der Waals surface area (Å²) in [5, 5.41) is 14.6. The number of esters is 2. The van der Waals surface area contributed by atoms with Gasteiger partial charge in [0.25, 0.3) is 0 Å². The van der Waals surface area contributed by atoms with Crippen molar-refractivity contribution in [2.45, 2.75) is 155 Å². The number of hydrogen-bond acceptors (Lipinski definition) is 9. The van der Waals surface area contributed by atoms with Crippen molar-refractivity contribution in [1.29, 1.82) is 0 Å². The van der Waals surface area contributed by atoms with Gasteiger partial charge in [0.1, 0.15) is 27.2 Å². The van der Waals surface area contributed by atoms with Gasteiger partial charge in [-0.1, -0.05) is 96.4 Å². The van der Waals surface area contributed by atoms with Gasteiger partial charge >= 0.3 is 11.9 Å². The molecule has 0 spiro atoms. The molecule has 1 aromatic rings. The van der Waals surface area contributed by atoms with Gasteiger partial charge in [-0.2, -0.15) is 0 Å². The lowest BCUT2D eigenvalue weighted by molar-refractivity contribution is -0.184. The fourth-order valence-corrected chi connectivity index (χ4v) is 7.17. The van der Waals surface area contributed by atoms with E-state index in [4.69, 9.17) is 14.2 Å². The molecule has 11 heteroatoms. The SMILES string of the molecule is CCCCCCCS(=O)(=O)CCCCCC/C=C/[C@H](C(=O)NC(Cc1ccc(OCCCC)cc1)C(=O)OC)[C@@](O)(CCC)C(=O)OC(C)(C)C. The van der Waals surface area contributed by atoms with E-state index < -0.39 is 50.8 Å². The molecule has 1 unspecified atom stereocenters. The fourth-order valence-electron chi connectivity index (χ4n) is 5.68. The smallest absolute Gasteiger partial charge is 0.339 e. The van der Waals surface area contributed by atoms with Crippen LogP contribution >= 0.6 is 0 Å². The average Bonchev–Trinajstić information content (AvgIpc) is 3.06. The van der Waals surface area contributed by atoms with Crippen LogP contribution in [0.3, 0.4) is 0 Å². The van der Waals surface area contributed by atoms with E-state index in [0.717, 1.165) is 69.8 Å². The molecule has 0 heterocycles. The molecule has 0 aliphatic carbocycles. The average molecular weight is 738 g/mol. The van der Waals surface area contributed by atoms with Gasteiger partial charge in [-0.05, 0) is 77.0 Å². The van der Waals surface area contributed by atoms with Crippen molar-refractivity contribution in [3.63, 3.8) is 0 Å². The van der Waals surface area contributed by atoms with Gasteiger partial charge in [0, 0.05) is 6.42 Å². The Labute approximate surface area is 308 Å². The van der Waals surface area contributed by atoms with E-state index in [1.165, 1.54) is 13.2 Å². The molecule has 0 aliphatic heterocycles. The van der Waals surface area contributed by atoms with Crippen molar-refractivity contribution in [1.82, 2.24) is 5.32 Å². The summed E-state index contributed by atoms with van der Waals surface area (Å²) in [6.45, 7) is 11.7. The molecule has 2 N–H and O–H groups in total. The summed E-state index contributed by atoms with van der Waals surface area (Å²) >= 11 is 0. The van der Waals surface area contributed by atoms with Crippen LogP contribution in [-0.2, 0) is 40.1 Å². The summed E-state index contributed by atoms with van der Waals surface area (Å²) in [6, 6.07) is 6.17. The number of carbonyl (C=O) groups is 3. The number of allylic oxidation sites excluding steroid dienone is 1. The zero-order valence-corrected chi connectivity index (χ0v) is 33.3. The largest absolute Gasteiger partial charge is 0.494 e. The Morgan fingerprint density at radius 2 is 1.43 bits per heavy atom. The van der Waals surface area contributed by atoms with Crippen molar-refractivity contribution >= 4 is 27.7 Å². The van der Waals surface area contributed by atoms with Crippen LogP contribution in [0.25, 0.3) is 0 Å². The number of aliphatic hydroxyl groups is 1. The first-order valence-electron chi connectivity index (χ1n) is 19.0. The molecular formula is C40H67NO9S. The molecule has 10 nitrogen and oxygen atoms in total. The first kappa shape index (κ1) is 46.1. The van der Waals surface area contributed by atoms with Crippen LogP contribution in [0, 0.1) is 5.92 Å². The Morgan fingerprint density at radius 3 is 1.98 bits per heavy atom. The number of hydrogen-bond donors (Lipinski definition) is 2. The van der Waals surface area contributed by atoms with Crippen molar-refractivity contribution in [2.24, 2.45) is 5.92 Å². The van der Waals surface area contributed by atoms with Gasteiger partial charge in [-0.3, -0.25) is 4.79 Å². The van der Waals surface area contributed by atoms with Crippen LogP contribution in [-0.4, -0.2) is 73.8 Å². The van der Waals surface area contributed by atoms with Crippen LogP contribution in [0.15, 0.2) is 36.4 Å². The van der Waals surface area contributed by atoms with Gasteiger partial charge in [0.2, 0.25) is 5.91 Å². The normalized spacial score (nSPS) is 14.4. The maximum Gasteiger partial charge on any atom is 0.339 e. The monoisotopic (exact) mass is 737 g/mol. The van der Waals surface area contributed by atoms with E-state index in [0.29, 0.717) is 31.6 Å². The Balaban J connectivity index is 3.05. The van der Waals surface area contributed by atoms with Gasteiger partial charge in [-0.15, -0.1) is 0 Å². The van der Waals surface area contributed by atoms with E-state index in [1.54, 1.807) is 33.8 Å². The Bertz CT molecular complexity index is 1290. The predicted octanol–water partition coefficient (Wildman–Crippen LogP) is 7.45. The van der Waals surface area contributed by atoms with Crippen LogP contribution in [0.2, 0.25) is 0 Å². The minimum Gasteiger partial charge on any atom is -0.494 e. The highest BCUT2D eigenvalue weighted by atomic mass is 32.2. The van der Waals surface area contributed by atoms with Crippen LogP contribution in [0.1, 0.15) is 137 Å². The molecule has 292 valence electrons. The lowest BCUT2D eigenvalue weighted by Gasteiger charge is -2.34. The summed E-state index contributed by atoms with van der Waals surface area (Å²) < 4.78 is 41.1. The molecule has 0 saturated carbocycles. The molecule has 1 aromatic carbocycles. The molecule has 51 heavy (non-hydrogen) atoms. The zero-order valence-electron chi connectivity index (χ0n) is 32.5. The minimum absolute atomic E-state index is 0.0419. The van der Waals surface area contributed by atoms with Gasteiger partial charge < -0.3 is 24.6 Å². The maximum atomic E-state index is 14.0. The number of methoxy groups -OCH3 is 1. The van der Waals surface area contributed by atoms with Crippen molar-refractivity contribution in [3.8, 4) is 5.75 Å². The molecule has 0 fully saturated rings. The molecule has 0 saturated heterocycles. The van der Waals surface area contributed by atoms with Crippen LogP contribution in [0.4, 0.5) is 0 Å². The van der Waals surface area contributed by atoms with Crippen LogP contribution < -0.4 is 10.1 Å². The Morgan fingerprint density at radius 1 is 0.843 bits per heavy atom. The number of ether oxygens (including phenoxy) is 3. The second-order valence-electron chi connectivity index (χ2n) is 14.5. The second-order valence-corrected chi connectivity index (χ2v) is 16.8. The quantitative estimate of drug-likeness (QED) is 0.0534. The highest BCUT2D eigenvalue weighted by Gasteiger charge is 2.49. The number of unbranched alkanes of at least 4 members (excludes halogenated alkanes) is 9. The molecule has 3 atom stereocenters. The third-order valence-corrected chi connectivity index (χ3v) is 10.4. The number of rotatable bonds is 27. The minimum atomic E-state index is -3.04. The molecule has 0 aliphatic rings. The van der Waals surface area contributed by atoms with Crippen molar-refractivity contribution < 1.29 is 42.1 Å². The molecular weight excluding hydrogens is 671 g/mol. The fraction of sp³-hybridized carbons (Fsp3) is 0.725. The van der Waals surface area contributed by atoms with E-state index in [2.05, 4.69) is 19.2 Å². The highest BCUT2D eigenvalue weighted by Crippen LogP contribution is 2.30. The summed E-state index contributed by atoms with van der Waals surface area (Å²) in [7, 11) is -1.81. The summed E-state index contributed by atoms with van der Waals surface area (Å²) in [6.07, 6.45) is 14.2.